The van der Waals surface area contributed by atoms with Gasteiger partial charge in [-0.25, -0.2) is 0 Å². The molecular weight excluding hydrogens is 382 g/mol. The van der Waals surface area contributed by atoms with Crippen molar-refractivity contribution in [2.45, 2.75) is 38.1 Å². The Morgan fingerprint density at radius 3 is 2.06 bits per heavy atom. The monoisotopic (exact) mass is 410 g/mol. The first-order valence-electron chi connectivity index (χ1n) is 11.1. The van der Waals surface area contributed by atoms with Crippen LogP contribution in [0.15, 0.2) is 78.9 Å². The normalized spacial score (nSPS) is 22.6. The summed E-state index contributed by atoms with van der Waals surface area (Å²) in [6.07, 6.45) is 1.10. The largest absolute Gasteiger partial charge is 0.481 e. The average molecular weight is 411 g/mol. The fraction of sp³-hybridized carbons (Fsp3) is 0.250. The highest BCUT2D eigenvalue weighted by Crippen LogP contribution is 2.47. The number of benzene rings is 4. The van der Waals surface area contributed by atoms with E-state index in [1.807, 2.05) is 0 Å². The van der Waals surface area contributed by atoms with Crippen molar-refractivity contribution in [2.24, 2.45) is 0 Å². The van der Waals surface area contributed by atoms with Crippen LogP contribution in [0.4, 0.5) is 5.69 Å². The number of rotatable bonds is 5. The maximum atomic E-state index is 11.5. The quantitative estimate of drug-likeness (QED) is 0.460. The lowest BCUT2D eigenvalue weighted by atomic mass is 9.72. The molecule has 0 bridgehead atoms. The number of carboxylic acids is 1. The second-order valence-corrected chi connectivity index (χ2v) is 9.06. The van der Waals surface area contributed by atoms with Crippen LogP contribution < -0.4 is 4.90 Å². The topological polar surface area (TPSA) is 41.7 Å². The lowest BCUT2D eigenvalue weighted by Gasteiger charge is -2.31. The third-order valence-electron chi connectivity index (χ3n) is 7.33. The fourth-order valence-electron chi connectivity index (χ4n) is 5.73. The number of carbonyl (C=O) groups is 1. The minimum Gasteiger partial charge on any atom is -0.481 e. The summed E-state index contributed by atoms with van der Waals surface area (Å²) in [6, 6.07) is 28.3. The molecule has 0 amide bonds. The van der Waals surface area contributed by atoms with E-state index >= 15 is 0 Å². The van der Waals surface area contributed by atoms with E-state index in [1.54, 1.807) is 0 Å². The maximum Gasteiger partial charge on any atom is 0.309 e. The van der Waals surface area contributed by atoms with Crippen LogP contribution in [-0.4, -0.2) is 23.7 Å². The second kappa shape index (κ2) is 7.51. The van der Waals surface area contributed by atoms with Crippen LogP contribution in [0.2, 0.25) is 0 Å². The lowest BCUT2D eigenvalue weighted by molar-refractivity contribution is -0.854. The Balaban J connectivity index is 1.82. The van der Waals surface area contributed by atoms with Gasteiger partial charge in [0, 0.05) is 10.9 Å². The average Bonchev–Trinajstić information content (AvgIpc) is 3.00. The Kier molecular flexibility index (Phi) is 4.79. The molecule has 0 aliphatic carbocycles. The van der Waals surface area contributed by atoms with E-state index in [4.69, 9.17) is 0 Å². The highest BCUT2D eigenvalue weighted by atomic mass is 16.4. The Hall–Kier alpha value is -3.17. The van der Waals surface area contributed by atoms with Gasteiger partial charge >= 0.3 is 5.97 Å². The number of hydrogen-bond acceptors (Lipinski definition) is 1. The van der Waals surface area contributed by atoms with Crippen LogP contribution in [0.1, 0.15) is 31.4 Å². The van der Waals surface area contributed by atoms with Gasteiger partial charge in [0.25, 0.3) is 0 Å². The highest BCUT2D eigenvalue weighted by Gasteiger charge is 2.51. The van der Waals surface area contributed by atoms with Crippen molar-refractivity contribution in [3.8, 4) is 0 Å². The molecule has 0 fully saturated rings. The zero-order chi connectivity index (χ0) is 21.6. The number of quaternary nitrogens is 1. The minimum absolute atomic E-state index is 0.103. The van der Waals surface area contributed by atoms with Gasteiger partial charge in [0.2, 0.25) is 0 Å². The molecular formula is C28H28NO2+. The van der Waals surface area contributed by atoms with Gasteiger partial charge in [0.05, 0.1) is 24.4 Å². The summed E-state index contributed by atoms with van der Waals surface area (Å²) in [7, 11) is 0. The number of nitrogens with one attached hydrogen (secondary N) is 1. The third kappa shape index (κ3) is 3.12. The summed E-state index contributed by atoms with van der Waals surface area (Å²) in [5.74, 6) is -0.733. The van der Waals surface area contributed by atoms with Gasteiger partial charge < -0.3 is 5.11 Å². The second-order valence-electron chi connectivity index (χ2n) is 9.06. The van der Waals surface area contributed by atoms with Crippen molar-refractivity contribution in [2.75, 3.05) is 6.54 Å². The van der Waals surface area contributed by atoms with Gasteiger partial charge in [0.1, 0.15) is 5.69 Å². The molecule has 3 unspecified atom stereocenters. The van der Waals surface area contributed by atoms with Gasteiger partial charge in [-0.05, 0) is 48.1 Å². The molecule has 0 radical (unpaired) electrons. The van der Waals surface area contributed by atoms with Crippen molar-refractivity contribution >= 4 is 33.2 Å². The predicted molar refractivity (Wildman–Crippen MR) is 126 cm³/mol. The molecule has 5 rings (SSSR count). The number of fused-ring (bicyclic) bond motifs is 6. The summed E-state index contributed by atoms with van der Waals surface area (Å²) < 4.78 is 0. The molecule has 3 heteroatoms. The Morgan fingerprint density at radius 2 is 1.42 bits per heavy atom. The summed E-state index contributed by atoms with van der Waals surface area (Å²) in [5, 5.41) is 14.5. The third-order valence-corrected chi connectivity index (χ3v) is 7.33. The summed E-state index contributed by atoms with van der Waals surface area (Å²) >= 11 is 0. The van der Waals surface area contributed by atoms with Crippen LogP contribution >= 0.6 is 0 Å². The first-order valence-corrected chi connectivity index (χ1v) is 11.1. The smallest absolute Gasteiger partial charge is 0.309 e. The molecule has 4 aromatic carbocycles. The van der Waals surface area contributed by atoms with Crippen LogP contribution in [-0.2, 0) is 16.6 Å². The first-order chi connectivity index (χ1) is 15.0. The Bertz CT molecular complexity index is 1280. The Morgan fingerprint density at radius 1 is 0.871 bits per heavy atom. The molecule has 156 valence electrons. The van der Waals surface area contributed by atoms with E-state index in [0.29, 0.717) is 6.54 Å². The van der Waals surface area contributed by atoms with E-state index in [0.717, 1.165) is 6.42 Å². The van der Waals surface area contributed by atoms with Crippen molar-refractivity contribution in [1.29, 1.82) is 0 Å². The SMILES string of the molecule is CC1[NH+](CCC(=O)O)c2c(c3ccccc3c3ccccc23)C1(C)Cc1ccccc1. The molecule has 3 nitrogen and oxygen atoms in total. The Labute approximate surface area is 182 Å². The number of hydrogen-bond donors (Lipinski definition) is 2. The minimum atomic E-state index is -0.733. The molecule has 3 atom stereocenters. The molecule has 1 aliphatic heterocycles. The van der Waals surface area contributed by atoms with Crippen LogP contribution in [0.25, 0.3) is 21.5 Å². The molecule has 0 saturated carbocycles. The van der Waals surface area contributed by atoms with Crippen molar-refractivity contribution in [3.05, 3.63) is 90.0 Å². The maximum absolute atomic E-state index is 11.5. The van der Waals surface area contributed by atoms with Gasteiger partial charge in [-0.3, -0.25) is 9.69 Å². The number of aliphatic carboxylic acids is 1. The molecule has 1 aliphatic rings. The van der Waals surface area contributed by atoms with E-state index in [9.17, 15) is 9.90 Å². The number of carboxylic acid groups (broad SMARTS) is 1. The lowest BCUT2D eigenvalue weighted by Crippen LogP contribution is -3.10. The van der Waals surface area contributed by atoms with Crippen LogP contribution in [0, 0.1) is 0 Å². The predicted octanol–water partition coefficient (Wildman–Crippen LogP) is 4.89. The van der Waals surface area contributed by atoms with Gasteiger partial charge in [-0.2, -0.15) is 0 Å². The zero-order valence-corrected chi connectivity index (χ0v) is 18.1. The first kappa shape index (κ1) is 19.8. The molecule has 4 aromatic rings. The van der Waals surface area contributed by atoms with Gasteiger partial charge in [-0.15, -0.1) is 0 Å². The van der Waals surface area contributed by atoms with E-state index in [2.05, 4.69) is 92.7 Å². The molecule has 1 heterocycles. The van der Waals surface area contributed by atoms with Crippen LogP contribution in [0.5, 0.6) is 0 Å². The van der Waals surface area contributed by atoms with E-state index in [1.165, 1.54) is 43.3 Å². The molecule has 0 saturated heterocycles. The molecule has 0 aromatic heterocycles. The van der Waals surface area contributed by atoms with E-state index < -0.39 is 5.97 Å². The van der Waals surface area contributed by atoms with Crippen molar-refractivity contribution < 1.29 is 14.8 Å². The van der Waals surface area contributed by atoms with E-state index in [-0.39, 0.29) is 17.9 Å². The van der Waals surface area contributed by atoms with Crippen molar-refractivity contribution in [3.63, 3.8) is 0 Å². The van der Waals surface area contributed by atoms with Crippen molar-refractivity contribution in [1.82, 2.24) is 0 Å². The molecule has 0 spiro atoms. The molecule has 31 heavy (non-hydrogen) atoms. The van der Waals surface area contributed by atoms with Gasteiger partial charge in [-0.1, -0.05) is 72.8 Å². The summed E-state index contributed by atoms with van der Waals surface area (Å²) in [5.41, 5.74) is 3.90. The fourth-order valence-corrected chi connectivity index (χ4v) is 5.73. The standard InChI is InChI=1S/C28H27NO2/c1-19-28(2,18-20-10-4-3-5-11-20)26-23-14-8-6-12-21(23)22-13-7-9-15-24(22)27(26)29(19)17-16-25(30)31/h3-15,19H,16-18H2,1-2H3,(H,30,31)/p+1. The molecule has 2 N–H and O–H groups in total. The van der Waals surface area contributed by atoms with Gasteiger partial charge in [0.15, 0.2) is 0 Å². The summed E-state index contributed by atoms with van der Waals surface area (Å²) in [6.45, 7) is 5.26. The van der Waals surface area contributed by atoms with Crippen LogP contribution in [0.3, 0.4) is 0 Å². The highest BCUT2D eigenvalue weighted by molar-refractivity contribution is 6.14. The zero-order valence-electron chi connectivity index (χ0n) is 18.1. The summed E-state index contributed by atoms with van der Waals surface area (Å²) in [4.78, 5) is 12.8.